The van der Waals surface area contributed by atoms with E-state index in [0.717, 1.165) is 10.4 Å². The topological polar surface area (TPSA) is 76.1 Å². The van der Waals surface area contributed by atoms with Crippen molar-refractivity contribution in [2.45, 2.75) is 13.0 Å². The minimum Gasteiger partial charge on any atom is -0.507 e. The van der Waals surface area contributed by atoms with Gasteiger partial charge in [-0.3, -0.25) is 9.59 Å². The minimum atomic E-state index is -0.685. The number of amides is 1. The monoisotopic (exact) mass is 387 g/mol. The molecule has 1 aromatic heterocycles. The molecule has 1 saturated heterocycles. The van der Waals surface area contributed by atoms with Gasteiger partial charge in [-0.25, -0.2) is 0 Å². The fraction of sp³-hybridized carbons (Fsp3) is 0.300. The van der Waals surface area contributed by atoms with Crippen LogP contribution < -0.4 is 4.74 Å². The quantitative estimate of drug-likeness (QED) is 0.468. The van der Waals surface area contributed by atoms with Gasteiger partial charge in [0.25, 0.3) is 11.7 Å². The number of likely N-dealkylation sites (tertiary alicyclic amines) is 1. The normalized spacial score (nSPS) is 18.9. The molecule has 2 heterocycles. The van der Waals surface area contributed by atoms with Gasteiger partial charge in [0, 0.05) is 24.1 Å². The van der Waals surface area contributed by atoms with Crippen LogP contribution in [0.5, 0.6) is 5.75 Å². The Balaban J connectivity index is 2.12. The average molecular weight is 387 g/mol. The Labute approximate surface area is 161 Å². The van der Waals surface area contributed by atoms with Crippen LogP contribution in [0.3, 0.4) is 0 Å². The second kappa shape index (κ2) is 7.94. The number of hydrogen-bond donors (Lipinski definition) is 1. The van der Waals surface area contributed by atoms with E-state index in [2.05, 4.69) is 0 Å². The molecule has 1 atom stereocenters. The second-order valence-electron chi connectivity index (χ2n) is 6.19. The maximum Gasteiger partial charge on any atom is 0.295 e. The summed E-state index contributed by atoms with van der Waals surface area (Å²) in [7, 11) is 3.11. The smallest absolute Gasteiger partial charge is 0.295 e. The summed E-state index contributed by atoms with van der Waals surface area (Å²) in [5.74, 6) is -0.813. The maximum absolute atomic E-state index is 12.7. The first kappa shape index (κ1) is 19.1. The summed E-state index contributed by atoms with van der Waals surface area (Å²) in [5.41, 5.74) is 1.39. The number of aliphatic hydroxyl groups is 1. The van der Waals surface area contributed by atoms with Gasteiger partial charge in [-0.15, -0.1) is 11.3 Å². The summed E-state index contributed by atoms with van der Waals surface area (Å²) in [6.07, 6.45) is 0. The molecule has 1 aliphatic heterocycles. The van der Waals surface area contributed by atoms with Crippen molar-refractivity contribution in [3.05, 3.63) is 57.3 Å². The van der Waals surface area contributed by atoms with Crippen LogP contribution in [0.2, 0.25) is 0 Å². The summed E-state index contributed by atoms with van der Waals surface area (Å²) in [6, 6.07) is 8.23. The Morgan fingerprint density at radius 2 is 2.04 bits per heavy atom. The van der Waals surface area contributed by atoms with Gasteiger partial charge in [0.05, 0.1) is 25.3 Å². The molecule has 0 bridgehead atoms. The molecule has 1 unspecified atom stereocenters. The van der Waals surface area contributed by atoms with Crippen LogP contribution in [0.25, 0.3) is 5.76 Å². The Bertz CT molecular complexity index is 888. The molecule has 1 N–H and O–H groups in total. The summed E-state index contributed by atoms with van der Waals surface area (Å²) in [6.45, 7) is 2.42. The maximum atomic E-state index is 12.7. The first-order chi connectivity index (χ1) is 13.0. The first-order valence-electron chi connectivity index (χ1n) is 8.45. The van der Waals surface area contributed by atoms with Crippen molar-refractivity contribution in [3.63, 3.8) is 0 Å². The van der Waals surface area contributed by atoms with Gasteiger partial charge in [0.1, 0.15) is 11.5 Å². The highest BCUT2D eigenvalue weighted by Crippen LogP contribution is 2.41. The van der Waals surface area contributed by atoms with Gasteiger partial charge in [-0.1, -0.05) is 6.07 Å². The average Bonchev–Trinajstić information content (AvgIpc) is 3.27. The van der Waals surface area contributed by atoms with Crippen LogP contribution in [0.15, 0.2) is 41.3 Å². The number of ether oxygens (including phenoxy) is 2. The van der Waals surface area contributed by atoms with E-state index in [0.29, 0.717) is 17.9 Å². The molecule has 142 valence electrons. The van der Waals surface area contributed by atoms with Crippen molar-refractivity contribution in [2.24, 2.45) is 0 Å². The Morgan fingerprint density at radius 1 is 1.26 bits per heavy atom. The van der Waals surface area contributed by atoms with Crippen LogP contribution in [-0.4, -0.2) is 49.1 Å². The lowest BCUT2D eigenvalue weighted by molar-refractivity contribution is -0.140. The molecule has 0 spiro atoms. The van der Waals surface area contributed by atoms with Crippen LogP contribution in [0, 0.1) is 6.92 Å². The number of benzene rings is 1. The van der Waals surface area contributed by atoms with Gasteiger partial charge in [-0.05, 0) is 42.1 Å². The standard InChI is InChI=1S/C20H21NO5S/c1-12-11-13(6-7-14(12)26-3)18(22)16-17(15-5-4-10-27-15)21(8-9-25-2)20(24)19(16)23/h4-7,10-11,17,22H,8-9H2,1-3H3. The van der Waals surface area contributed by atoms with E-state index in [4.69, 9.17) is 9.47 Å². The van der Waals surface area contributed by atoms with Crippen molar-refractivity contribution in [1.29, 1.82) is 0 Å². The number of carbonyl (C=O) groups is 2. The lowest BCUT2D eigenvalue weighted by Gasteiger charge is -2.23. The highest BCUT2D eigenvalue weighted by atomic mass is 32.1. The molecule has 2 aromatic rings. The number of thiophene rings is 1. The number of Topliss-reactive ketones (excluding diaryl/α,β-unsaturated/α-hetero) is 1. The van der Waals surface area contributed by atoms with Gasteiger partial charge in [0.15, 0.2) is 0 Å². The highest BCUT2D eigenvalue weighted by Gasteiger charge is 2.46. The molecule has 27 heavy (non-hydrogen) atoms. The zero-order chi connectivity index (χ0) is 19.6. The second-order valence-corrected chi connectivity index (χ2v) is 7.16. The lowest BCUT2D eigenvalue weighted by atomic mass is 9.99. The predicted molar refractivity (Wildman–Crippen MR) is 103 cm³/mol. The van der Waals surface area contributed by atoms with Gasteiger partial charge in [0.2, 0.25) is 0 Å². The van der Waals surface area contributed by atoms with E-state index in [9.17, 15) is 14.7 Å². The number of rotatable bonds is 6. The summed E-state index contributed by atoms with van der Waals surface area (Å²) >= 11 is 1.43. The third kappa shape index (κ3) is 3.48. The van der Waals surface area contributed by atoms with Crippen molar-refractivity contribution < 1.29 is 24.2 Å². The number of nitrogens with zero attached hydrogens (tertiary/aromatic N) is 1. The van der Waals surface area contributed by atoms with Gasteiger partial charge in [-0.2, -0.15) is 0 Å². The molecule has 1 fully saturated rings. The molecule has 1 aliphatic rings. The molecular weight excluding hydrogens is 366 g/mol. The Morgan fingerprint density at radius 3 is 2.63 bits per heavy atom. The van der Waals surface area contributed by atoms with Crippen LogP contribution in [0.4, 0.5) is 0 Å². The fourth-order valence-electron chi connectivity index (χ4n) is 3.22. The molecule has 7 heteroatoms. The zero-order valence-electron chi connectivity index (χ0n) is 15.4. The molecule has 1 amide bonds. The number of methoxy groups -OCH3 is 2. The molecule has 3 rings (SSSR count). The number of hydrogen-bond acceptors (Lipinski definition) is 6. The highest BCUT2D eigenvalue weighted by molar-refractivity contribution is 7.10. The molecule has 0 aliphatic carbocycles. The summed E-state index contributed by atoms with van der Waals surface area (Å²) in [5, 5.41) is 12.8. The third-order valence-electron chi connectivity index (χ3n) is 4.56. The number of aryl methyl sites for hydroxylation is 1. The van der Waals surface area contributed by atoms with Crippen LogP contribution in [-0.2, 0) is 14.3 Å². The van der Waals surface area contributed by atoms with E-state index in [1.165, 1.54) is 23.3 Å². The SMILES string of the molecule is COCCN1C(=O)C(=O)C(=C(O)c2ccc(OC)c(C)c2)C1c1cccs1. The molecule has 0 saturated carbocycles. The lowest BCUT2D eigenvalue weighted by Crippen LogP contribution is -2.32. The van der Waals surface area contributed by atoms with Crippen molar-refractivity contribution in [3.8, 4) is 5.75 Å². The van der Waals surface area contributed by atoms with Crippen molar-refractivity contribution in [2.75, 3.05) is 27.4 Å². The fourth-order valence-corrected chi connectivity index (χ4v) is 4.07. The Hall–Kier alpha value is -2.64. The number of aliphatic hydroxyl groups excluding tert-OH is 1. The van der Waals surface area contributed by atoms with E-state index in [1.54, 1.807) is 25.3 Å². The van der Waals surface area contributed by atoms with E-state index in [1.807, 2.05) is 24.4 Å². The van der Waals surface area contributed by atoms with E-state index >= 15 is 0 Å². The van der Waals surface area contributed by atoms with E-state index in [-0.39, 0.29) is 17.9 Å². The van der Waals surface area contributed by atoms with Gasteiger partial charge >= 0.3 is 0 Å². The van der Waals surface area contributed by atoms with Crippen LogP contribution >= 0.6 is 11.3 Å². The Kier molecular flexibility index (Phi) is 5.62. The first-order valence-corrected chi connectivity index (χ1v) is 9.33. The molecule has 6 nitrogen and oxygen atoms in total. The van der Waals surface area contributed by atoms with Crippen molar-refractivity contribution >= 4 is 28.8 Å². The largest absolute Gasteiger partial charge is 0.507 e. The van der Waals surface area contributed by atoms with E-state index < -0.39 is 17.7 Å². The van der Waals surface area contributed by atoms with Crippen LogP contribution in [0.1, 0.15) is 22.0 Å². The summed E-state index contributed by atoms with van der Waals surface area (Å²) in [4.78, 5) is 27.6. The molecular formula is C20H21NO5S. The number of carbonyl (C=O) groups excluding carboxylic acids is 2. The van der Waals surface area contributed by atoms with Gasteiger partial charge < -0.3 is 19.5 Å². The van der Waals surface area contributed by atoms with Crippen molar-refractivity contribution in [1.82, 2.24) is 4.90 Å². The molecule has 0 radical (unpaired) electrons. The molecule has 1 aromatic carbocycles. The zero-order valence-corrected chi connectivity index (χ0v) is 16.2. The number of ketones is 1. The summed E-state index contributed by atoms with van der Waals surface area (Å²) < 4.78 is 10.3. The third-order valence-corrected chi connectivity index (χ3v) is 5.48. The minimum absolute atomic E-state index is 0.100. The predicted octanol–water partition coefficient (Wildman–Crippen LogP) is 3.13.